The second-order valence-corrected chi connectivity index (χ2v) is 4.45. The number of carboxylic acid groups (broad SMARTS) is 1. The van der Waals surface area contributed by atoms with Crippen LogP contribution in [0.1, 0.15) is 27.2 Å². The van der Waals surface area contributed by atoms with Gasteiger partial charge in [0.1, 0.15) is 5.75 Å². The first-order valence-corrected chi connectivity index (χ1v) is 6.19. The van der Waals surface area contributed by atoms with Gasteiger partial charge in [0.15, 0.2) is 0 Å². The average molecular weight is 293 g/mol. The summed E-state index contributed by atoms with van der Waals surface area (Å²) in [6.07, 6.45) is 1.44. The number of rotatable bonds is 5. The summed E-state index contributed by atoms with van der Waals surface area (Å²) in [5.74, 6) is -1.07. The summed E-state index contributed by atoms with van der Waals surface area (Å²) in [6.45, 7) is -1.19. The van der Waals surface area contributed by atoms with Crippen LogP contribution in [0.5, 0.6) is 5.75 Å². The van der Waals surface area contributed by atoms with Gasteiger partial charge in [-0.05, 0) is 30.2 Å². The van der Waals surface area contributed by atoms with Crippen molar-refractivity contribution in [3.63, 3.8) is 0 Å². The number of carbonyl (C=O) groups is 1. The van der Waals surface area contributed by atoms with Crippen molar-refractivity contribution < 1.29 is 23.4 Å². The number of alkyl halides is 2. The second kappa shape index (κ2) is 6.30. The number of para-hydroxylation sites is 1. The van der Waals surface area contributed by atoms with Crippen molar-refractivity contribution in [3.8, 4) is 5.75 Å². The Morgan fingerprint density at radius 3 is 2.71 bits per heavy atom. The van der Waals surface area contributed by atoms with Crippen LogP contribution >= 0.6 is 0 Å². The maximum absolute atomic E-state index is 12.4. The molecule has 1 N–H and O–H groups in total. The summed E-state index contributed by atoms with van der Waals surface area (Å²) >= 11 is 0. The standard InChI is InChI=1S/C15H13F2NO3/c1-9-6-11(12(8-18-9)14(19)20)7-10-4-2-3-5-13(10)21-15(16)17/h2-6,8,15H,7H2,1H3,(H,19,20). The number of carboxylic acids is 1. The smallest absolute Gasteiger partial charge is 0.387 e. The Bertz CT molecular complexity index is 659. The molecule has 0 aliphatic heterocycles. The molecule has 0 bridgehead atoms. The molecule has 21 heavy (non-hydrogen) atoms. The van der Waals surface area contributed by atoms with Gasteiger partial charge in [0, 0.05) is 18.3 Å². The van der Waals surface area contributed by atoms with Gasteiger partial charge in [-0.3, -0.25) is 4.98 Å². The summed E-state index contributed by atoms with van der Waals surface area (Å²) in [7, 11) is 0. The molecule has 0 aliphatic rings. The molecule has 0 unspecified atom stereocenters. The van der Waals surface area contributed by atoms with Gasteiger partial charge >= 0.3 is 12.6 Å². The van der Waals surface area contributed by atoms with Crippen molar-refractivity contribution in [2.24, 2.45) is 0 Å². The number of aromatic nitrogens is 1. The van der Waals surface area contributed by atoms with Crippen molar-refractivity contribution in [1.82, 2.24) is 4.98 Å². The number of hydrogen-bond acceptors (Lipinski definition) is 3. The van der Waals surface area contributed by atoms with Crippen LogP contribution in [0.15, 0.2) is 36.5 Å². The van der Waals surface area contributed by atoms with E-state index in [0.717, 1.165) is 0 Å². The lowest BCUT2D eigenvalue weighted by atomic mass is 10.00. The quantitative estimate of drug-likeness (QED) is 0.919. The van der Waals surface area contributed by atoms with Gasteiger partial charge < -0.3 is 9.84 Å². The van der Waals surface area contributed by atoms with Crippen LogP contribution in [0, 0.1) is 6.92 Å². The predicted molar refractivity (Wildman–Crippen MR) is 71.8 cm³/mol. The first-order chi connectivity index (χ1) is 9.97. The van der Waals surface area contributed by atoms with Crippen LogP contribution in [0.2, 0.25) is 0 Å². The van der Waals surface area contributed by atoms with E-state index in [1.165, 1.54) is 12.3 Å². The molecule has 0 radical (unpaired) electrons. The zero-order valence-corrected chi connectivity index (χ0v) is 11.2. The van der Waals surface area contributed by atoms with E-state index in [1.54, 1.807) is 31.2 Å². The van der Waals surface area contributed by atoms with Crippen LogP contribution in [0.25, 0.3) is 0 Å². The molecule has 4 nitrogen and oxygen atoms in total. The van der Waals surface area contributed by atoms with Crippen LogP contribution in [-0.4, -0.2) is 22.7 Å². The normalized spacial score (nSPS) is 10.7. The fraction of sp³-hybridized carbons (Fsp3) is 0.200. The van der Waals surface area contributed by atoms with Gasteiger partial charge in [-0.25, -0.2) is 4.79 Å². The summed E-state index contributed by atoms with van der Waals surface area (Å²) in [6, 6.07) is 7.94. The van der Waals surface area contributed by atoms with Crippen LogP contribution in [0.3, 0.4) is 0 Å². The third kappa shape index (κ3) is 3.75. The van der Waals surface area contributed by atoms with Gasteiger partial charge in [0.05, 0.1) is 5.56 Å². The van der Waals surface area contributed by atoms with E-state index in [-0.39, 0.29) is 17.7 Å². The number of halogens is 2. The second-order valence-electron chi connectivity index (χ2n) is 4.45. The minimum atomic E-state index is -2.93. The van der Waals surface area contributed by atoms with Crippen molar-refractivity contribution in [2.75, 3.05) is 0 Å². The molecule has 2 aromatic rings. The largest absolute Gasteiger partial charge is 0.478 e. The van der Waals surface area contributed by atoms with Crippen molar-refractivity contribution in [2.45, 2.75) is 20.0 Å². The fourth-order valence-corrected chi connectivity index (χ4v) is 2.02. The van der Waals surface area contributed by atoms with Crippen molar-refractivity contribution >= 4 is 5.97 Å². The van der Waals surface area contributed by atoms with Crippen LogP contribution in [-0.2, 0) is 6.42 Å². The highest BCUT2D eigenvalue weighted by Gasteiger charge is 2.15. The van der Waals surface area contributed by atoms with E-state index >= 15 is 0 Å². The fourth-order valence-electron chi connectivity index (χ4n) is 2.02. The Labute approximate surface area is 120 Å². The summed E-state index contributed by atoms with van der Waals surface area (Å²) in [5.41, 5.74) is 1.70. The molecule has 0 saturated heterocycles. The van der Waals surface area contributed by atoms with E-state index in [0.29, 0.717) is 16.8 Å². The Hall–Kier alpha value is -2.50. The number of ether oxygens (including phenoxy) is 1. The SMILES string of the molecule is Cc1cc(Cc2ccccc2OC(F)F)c(C(=O)O)cn1. The zero-order chi connectivity index (χ0) is 15.4. The van der Waals surface area contributed by atoms with Crippen LogP contribution in [0.4, 0.5) is 8.78 Å². The number of pyridine rings is 1. The topological polar surface area (TPSA) is 59.4 Å². The van der Waals surface area contributed by atoms with E-state index < -0.39 is 12.6 Å². The molecule has 2 rings (SSSR count). The summed E-state index contributed by atoms with van der Waals surface area (Å²) in [5, 5.41) is 9.16. The minimum Gasteiger partial charge on any atom is -0.478 e. The first kappa shape index (κ1) is 14.9. The van der Waals surface area contributed by atoms with Gasteiger partial charge in [-0.1, -0.05) is 18.2 Å². The van der Waals surface area contributed by atoms with Gasteiger partial charge in [0.25, 0.3) is 0 Å². The lowest BCUT2D eigenvalue weighted by Gasteiger charge is -2.12. The Morgan fingerprint density at radius 2 is 2.05 bits per heavy atom. The highest BCUT2D eigenvalue weighted by Crippen LogP contribution is 2.24. The van der Waals surface area contributed by atoms with E-state index in [4.69, 9.17) is 5.11 Å². The molecule has 0 amide bonds. The predicted octanol–water partition coefficient (Wildman–Crippen LogP) is 3.28. The van der Waals surface area contributed by atoms with E-state index in [1.807, 2.05) is 0 Å². The molecule has 0 fully saturated rings. The molecule has 110 valence electrons. The molecule has 1 aromatic carbocycles. The van der Waals surface area contributed by atoms with E-state index in [9.17, 15) is 13.6 Å². The van der Waals surface area contributed by atoms with Gasteiger partial charge in [-0.15, -0.1) is 0 Å². The summed E-state index contributed by atoms with van der Waals surface area (Å²) in [4.78, 5) is 15.1. The monoisotopic (exact) mass is 293 g/mol. The Kier molecular flexibility index (Phi) is 4.47. The third-order valence-electron chi connectivity index (χ3n) is 2.93. The van der Waals surface area contributed by atoms with E-state index in [2.05, 4.69) is 9.72 Å². The maximum atomic E-state index is 12.4. The number of nitrogens with zero attached hydrogens (tertiary/aromatic N) is 1. The number of benzene rings is 1. The molecule has 0 atom stereocenters. The van der Waals surface area contributed by atoms with Gasteiger partial charge in [0.2, 0.25) is 0 Å². The summed E-state index contributed by atoms with van der Waals surface area (Å²) < 4.78 is 29.2. The number of aryl methyl sites for hydroxylation is 1. The lowest BCUT2D eigenvalue weighted by Crippen LogP contribution is -2.08. The maximum Gasteiger partial charge on any atom is 0.387 e. The van der Waals surface area contributed by atoms with Crippen LogP contribution < -0.4 is 4.74 Å². The first-order valence-electron chi connectivity index (χ1n) is 6.19. The number of aromatic carboxylic acids is 1. The third-order valence-corrected chi connectivity index (χ3v) is 2.93. The number of hydrogen-bond donors (Lipinski definition) is 1. The Balaban J connectivity index is 2.38. The molecule has 0 spiro atoms. The Morgan fingerprint density at radius 1 is 1.33 bits per heavy atom. The highest BCUT2D eigenvalue weighted by molar-refractivity contribution is 5.89. The van der Waals surface area contributed by atoms with Gasteiger partial charge in [-0.2, -0.15) is 8.78 Å². The average Bonchev–Trinajstić information content (AvgIpc) is 2.40. The van der Waals surface area contributed by atoms with Crippen molar-refractivity contribution in [1.29, 1.82) is 0 Å². The molecular formula is C15H13F2NO3. The molecule has 1 heterocycles. The molecule has 0 saturated carbocycles. The zero-order valence-electron chi connectivity index (χ0n) is 11.2. The van der Waals surface area contributed by atoms with Crippen molar-refractivity contribution in [3.05, 3.63) is 58.9 Å². The lowest BCUT2D eigenvalue weighted by molar-refractivity contribution is -0.0504. The molecule has 0 aliphatic carbocycles. The molecule has 1 aromatic heterocycles. The highest BCUT2D eigenvalue weighted by atomic mass is 19.3. The minimum absolute atomic E-state index is 0.0401. The molecule has 6 heteroatoms. The molecular weight excluding hydrogens is 280 g/mol.